The van der Waals surface area contributed by atoms with Crippen molar-refractivity contribution in [3.63, 3.8) is 0 Å². The molecule has 1 saturated heterocycles. The van der Waals surface area contributed by atoms with Gasteiger partial charge in [0.1, 0.15) is 0 Å². The molecule has 0 radical (unpaired) electrons. The van der Waals surface area contributed by atoms with Gasteiger partial charge < -0.3 is 0 Å². The van der Waals surface area contributed by atoms with E-state index in [0.29, 0.717) is 0 Å². The molecule has 1 aromatic rings. The minimum atomic E-state index is 0.0682. The van der Waals surface area contributed by atoms with Crippen LogP contribution < -0.4 is 11.3 Å². The summed E-state index contributed by atoms with van der Waals surface area (Å²) in [5.41, 5.74) is 4.42. The number of hydrogen-bond acceptors (Lipinski definition) is 4. The highest BCUT2D eigenvalue weighted by Gasteiger charge is 2.40. The van der Waals surface area contributed by atoms with Gasteiger partial charge in [-0.25, -0.2) is 0 Å². The highest BCUT2D eigenvalue weighted by atomic mass is 79.9. The summed E-state index contributed by atoms with van der Waals surface area (Å²) >= 11 is 5.37. The Morgan fingerprint density at radius 1 is 1.42 bits per heavy atom. The fourth-order valence-electron chi connectivity index (χ4n) is 3.12. The van der Waals surface area contributed by atoms with Crippen LogP contribution in [0.15, 0.2) is 15.2 Å². The summed E-state index contributed by atoms with van der Waals surface area (Å²) in [6, 6.07) is 0.163. The molecule has 2 rings (SSSR count). The van der Waals surface area contributed by atoms with Gasteiger partial charge in [0.05, 0.1) is 6.04 Å². The van der Waals surface area contributed by atoms with Crippen molar-refractivity contribution >= 4 is 27.3 Å². The number of piperidine rings is 1. The summed E-state index contributed by atoms with van der Waals surface area (Å²) in [4.78, 5) is 2.62. The zero-order chi connectivity index (χ0) is 13.9. The zero-order valence-electron chi connectivity index (χ0n) is 11.8. The van der Waals surface area contributed by atoms with Crippen molar-refractivity contribution < 1.29 is 0 Å². The average molecular weight is 346 g/mol. The van der Waals surface area contributed by atoms with E-state index in [1.165, 1.54) is 37.9 Å². The highest BCUT2D eigenvalue weighted by Crippen LogP contribution is 2.39. The molecule has 3 nitrogen and oxygen atoms in total. The largest absolute Gasteiger partial charge is 0.296 e. The molecule has 19 heavy (non-hydrogen) atoms. The van der Waals surface area contributed by atoms with Crippen molar-refractivity contribution in [3.8, 4) is 0 Å². The van der Waals surface area contributed by atoms with Crippen molar-refractivity contribution in [2.24, 2.45) is 5.84 Å². The van der Waals surface area contributed by atoms with E-state index in [1.54, 1.807) is 11.3 Å². The van der Waals surface area contributed by atoms with Crippen molar-refractivity contribution in [1.29, 1.82) is 0 Å². The third kappa shape index (κ3) is 3.05. The van der Waals surface area contributed by atoms with E-state index in [1.807, 2.05) is 0 Å². The first-order valence-electron chi connectivity index (χ1n) is 7.06. The van der Waals surface area contributed by atoms with Gasteiger partial charge in [0.15, 0.2) is 0 Å². The molecule has 0 amide bonds. The quantitative estimate of drug-likeness (QED) is 0.631. The molecule has 1 aliphatic heterocycles. The molecule has 108 valence electrons. The molecule has 2 heterocycles. The predicted molar refractivity (Wildman–Crippen MR) is 86.2 cm³/mol. The van der Waals surface area contributed by atoms with Gasteiger partial charge in [0, 0.05) is 15.4 Å². The number of thiophene rings is 1. The Balaban J connectivity index is 2.29. The van der Waals surface area contributed by atoms with Crippen molar-refractivity contribution in [1.82, 2.24) is 10.3 Å². The first kappa shape index (κ1) is 15.4. The second-order valence-corrected chi connectivity index (χ2v) is 7.13. The first-order valence-corrected chi connectivity index (χ1v) is 8.79. The molecule has 2 atom stereocenters. The Morgan fingerprint density at radius 3 is 2.58 bits per heavy atom. The van der Waals surface area contributed by atoms with Crippen LogP contribution in [0.25, 0.3) is 0 Å². The van der Waals surface area contributed by atoms with E-state index < -0.39 is 0 Å². The second kappa shape index (κ2) is 6.68. The lowest BCUT2D eigenvalue weighted by Crippen LogP contribution is -2.57. The van der Waals surface area contributed by atoms with Crippen molar-refractivity contribution in [2.75, 3.05) is 13.1 Å². The van der Waals surface area contributed by atoms with Crippen LogP contribution in [0.4, 0.5) is 0 Å². The molecular weight excluding hydrogens is 322 g/mol. The van der Waals surface area contributed by atoms with E-state index in [9.17, 15) is 0 Å². The van der Waals surface area contributed by atoms with Gasteiger partial charge in [-0.15, -0.1) is 0 Å². The predicted octanol–water partition coefficient (Wildman–Crippen LogP) is 3.67. The van der Waals surface area contributed by atoms with Crippen molar-refractivity contribution in [2.45, 2.75) is 51.1 Å². The zero-order valence-corrected chi connectivity index (χ0v) is 14.2. The van der Waals surface area contributed by atoms with Gasteiger partial charge >= 0.3 is 0 Å². The fraction of sp³-hybridized carbons (Fsp3) is 0.714. The topological polar surface area (TPSA) is 41.3 Å². The monoisotopic (exact) mass is 345 g/mol. The summed E-state index contributed by atoms with van der Waals surface area (Å²) in [5.74, 6) is 5.91. The number of nitrogens with zero attached hydrogens (tertiary/aromatic N) is 1. The molecule has 0 aliphatic carbocycles. The molecule has 0 bridgehead atoms. The number of halogens is 1. The highest BCUT2D eigenvalue weighted by molar-refractivity contribution is 9.10. The van der Waals surface area contributed by atoms with Crippen LogP contribution in [-0.2, 0) is 0 Å². The van der Waals surface area contributed by atoms with Gasteiger partial charge in [-0.2, -0.15) is 11.3 Å². The van der Waals surface area contributed by atoms with Crippen LogP contribution >= 0.6 is 27.3 Å². The van der Waals surface area contributed by atoms with E-state index in [0.717, 1.165) is 10.9 Å². The Kier molecular flexibility index (Phi) is 5.43. The van der Waals surface area contributed by atoms with Gasteiger partial charge in [-0.3, -0.25) is 16.2 Å². The van der Waals surface area contributed by atoms with Crippen LogP contribution in [0.5, 0.6) is 0 Å². The van der Waals surface area contributed by atoms with Gasteiger partial charge in [-0.1, -0.05) is 13.3 Å². The molecule has 0 saturated carbocycles. The SMILES string of the molecule is CCC(C)(C(NN)c1cscc1Br)N1CCCCC1. The first-order chi connectivity index (χ1) is 9.13. The molecule has 1 aromatic heterocycles. The third-order valence-electron chi connectivity index (χ3n) is 4.54. The number of nitrogens with one attached hydrogen (secondary N) is 1. The molecule has 2 unspecified atom stereocenters. The van der Waals surface area contributed by atoms with E-state index in [4.69, 9.17) is 5.84 Å². The summed E-state index contributed by atoms with van der Waals surface area (Å²) in [5, 5.41) is 4.33. The van der Waals surface area contributed by atoms with Crippen LogP contribution in [0.1, 0.15) is 51.1 Å². The molecule has 3 N–H and O–H groups in total. The summed E-state index contributed by atoms with van der Waals surface area (Å²) in [7, 11) is 0. The Bertz CT molecular complexity index is 403. The lowest BCUT2D eigenvalue weighted by Gasteiger charge is -2.47. The van der Waals surface area contributed by atoms with E-state index >= 15 is 0 Å². The number of hydrogen-bond donors (Lipinski definition) is 2. The summed E-state index contributed by atoms with van der Waals surface area (Å²) < 4.78 is 1.16. The van der Waals surface area contributed by atoms with Crippen LogP contribution in [0.2, 0.25) is 0 Å². The molecule has 1 fully saturated rings. The second-order valence-electron chi connectivity index (χ2n) is 5.53. The number of likely N-dealkylation sites (tertiary alicyclic amines) is 1. The Hall–Kier alpha value is 0.0600. The minimum absolute atomic E-state index is 0.0682. The van der Waals surface area contributed by atoms with Crippen LogP contribution in [-0.4, -0.2) is 23.5 Å². The Labute approximate surface area is 128 Å². The van der Waals surface area contributed by atoms with E-state index in [2.05, 4.69) is 50.9 Å². The lowest BCUT2D eigenvalue weighted by atomic mass is 9.83. The maximum absolute atomic E-state index is 5.91. The number of nitrogens with two attached hydrogens (primary N) is 1. The fourth-order valence-corrected chi connectivity index (χ4v) is 4.67. The lowest BCUT2D eigenvalue weighted by molar-refractivity contribution is 0.0423. The van der Waals surface area contributed by atoms with Gasteiger partial charge in [-0.05, 0) is 66.1 Å². The third-order valence-corrected chi connectivity index (χ3v) is 6.29. The van der Waals surface area contributed by atoms with Gasteiger partial charge in [0.2, 0.25) is 0 Å². The minimum Gasteiger partial charge on any atom is -0.296 e. The normalized spacial score (nSPS) is 22.1. The van der Waals surface area contributed by atoms with Crippen LogP contribution in [0, 0.1) is 0 Å². The number of rotatable bonds is 5. The number of hydrazine groups is 1. The standard InChI is InChI=1S/C14H24BrN3S/c1-3-14(2,18-7-5-4-6-8-18)13(17-16)11-9-19-10-12(11)15/h9-10,13,17H,3-8,16H2,1-2H3. The smallest absolute Gasteiger partial charge is 0.0660 e. The Morgan fingerprint density at radius 2 is 2.11 bits per heavy atom. The maximum Gasteiger partial charge on any atom is 0.0660 e. The molecule has 1 aliphatic rings. The molecule has 5 heteroatoms. The molecular formula is C14H24BrN3S. The summed E-state index contributed by atoms with van der Waals surface area (Å²) in [6.07, 6.45) is 5.05. The van der Waals surface area contributed by atoms with Crippen LogP contribution in [0.3, 0.4) is 0 Å². The average Bonchev–Trinajstić information content (AvgIpc) is 2.86. The molecule has 0 spiro atoms. The molecule has 0 aromatic carbocycles. The summed E-state index contributed by atoms with van der Waals surface area (Å²) in [6.45, 7) is 6.97. The van der Waals surface area contributed by atoms with Gasteiger partial charge in [0.25, 0.3) is 0 Å². The van der Waals surface area contributed by atoms with E-state index in [-0.39, 0.29) is 11.6 Å². The maximum atomic E-state index is 5.91. The van der Waals surface area contributed by atoms with Crippen molar-refractivity contribution in [3.05, 3.63) is 20.8 Å².